The van der Waals surface area contributed by atoms with Crippen molar-refractivity contribution in [3.05, 3.63) is 69.9 Å². The van der Waals surface area contributed by atoms with E-state index < -0.39 is 5.97 Å². The summed E-state index contributed by atoms with van der Waals surface area (Å²) >= 11 is 0. The Kier molecular flexibility index (Phi) is 3.75. The topological polar surface area (TPSA) is 48.3 Å². The van der Waals surface area contributed by atoms with Crippen molar-refractivity contribution in [1.29, 1.82) is 0 Å². The SMILES string of the molecule is COC(=O)c1ccc(=O)n(Cc2cccc(F)c2)c1. The molecule has 98 valence electrons. The molecule has 0 aliphatic rings. The number of pyridine rings is 1. The van der Waals surface area contributed by atoms with Gasteiger partial charge in [-0.25, -0.2) is 9.18 Å². The van der Waals surface area contributed by atoms with Crippen LogP contribution in [-0.4, -0.2) is 17.6 Å². The minimum atomic E-state index is -0.520. The Morgan fingerprint density at radius 1 is 1.32 bits per heavy atom. The van der Waals surface area contributed by atoms with E-state index in [2.05, 4.69) is 4.74 Å². The molecule has 0 saturated carbocycles. The second-order valence-corrected chi connectivity index (χ2v) is 4.01. The van der Waals surface area contributed by atoms with Gasteiger partial charge in [0.25, 0.3) is 5.56 Å². The van der Waals surface area contributed by atoms with E-state index in [1.54, 1.807) is 12.1 Å². The molecule has 0 radical (unpaired) electrons. The van der Waals surface area contributed by atoms with Gasteiger partial charge in [-0.2, -0.15) is 0 Å². The molecule has 0 saturated heterocycles. The number of benzene rings is 1. The standard InChI is InChI=1S/C14H12FNO3/c1-19-14(18)11-5-6-13(17)16(9-11)8-10-3-2-4-12(15)7-10/h2-7,9H,8H2,1H3. The van der Waals surface area contributed by atoms with Gasteiger partial charge in [0, 0.05) is 12.3 Å². The normalized spacial score (nSPS) is 10.2. The predicted molar refractivity (Wildman–Crippen MR) is 67.5 cm³/mol. The Morgan fingerprint density at radius 2 is 2.11 bits per heavy atom. The second kappa shape index (κ2) is 5.48. The molecule has 4 nitrogen and oxygen atoms in total. The van der Waals surface area contributed by atoms with Crippen LogP contribution in [0.15, 0.2) is 47.4 Å². The molecule has 0 unspecified atom stereocenters. The quantitative estimate of drug-likeness (QED) is 0.792. The molecule has 19 heavy (non-hydrogen) atoms. The third kappa shape index (κ3) is 3.07. The van der Waals surface area contributed by atoms with Gasteiger partial charge in [-0.1, -0.05) is 12.1 Å². The van der Waals surface area contributed by atoms with Crippen LogP contribution in [0, 0.1) is 5.82 Å². The van der Waals surface area contributed by atoms with Crippen molar-refractivity contribution in [2.24, 2.45) is 0 Å². The number of nitrogens with zero attached hydrogens (tertiary/aromatic N) is 1. The smallest absolute Gasteiger partial charge is 0.339 e. The molecular weight excluding hydrogens is 249 g/mol. The maximum Gasteiger partial charge on any atom is 0.339 e. The molecule has 0 spiro atoms. The number of ether oxygens (including phenoxy) is 1. The Balaban J connectivity index is 2.34. The third-order valence-electron chi connectivity index (χ3n) is 2.65. The molecule has 0 atom stereocenters. The fraction of sp³-hybridized carbons (Fsp3) is 0.143. The van der Waals surface area contributed by atoms with Crippen molar-refractivity contribution in [3.8, 4) is 0 Å². The van der Waals surface area contributed by atoms with Crippen LogP contribution in [0.4, 0.5) is 4.39 Å². The average Bonchev–Trinajstić information content (AvgIpc) is 2.40. The predicted octanol–water partition coefficient (Wildman–Crippen LogP) is 1.82. The lowest BCUT2D eigenvalue weighted by atomic mass is 10.2. The van der Waals surface area contributed by atoms with Crippen LogP contribution in [0.25, 0.3) is 0 Å². The summed E-state index contributed by atoms with van der Waals surface area (Å²) in [5.74, 6) is -0.886. The van der Waals surface area contributed by atoms with E-state index in [4.69, 9.17) is 0 Å². The van der Waals surface area contributed by atoms with E-state index in [0.717, 1.165) is 0 Å². The lowest BCUT2D eigenvalue weighted by molar-refractivity contribution is 0.0599. The highest BCUT2D eigenvalue weighted by Gasteiger charge is 2.07. The molecule has 5 heteroatoms. The number of halogens is 1. The molecule has 0 fully saturated rings. The summed E-state index contributed by atoms with van der Waals surface area (Å²) in [6, 6.07) is 8.64. The van der Waals surface area contributed by atoms with Gasteiger partial charge in [-0.15, -0.1) is 0 Å². The van der Waals surface area contributed by atoms with Crippen molar-refractivity contribution in [2.45, 2.75) is 6.54 Å². The van der Waals surface area contributed by atoms with E-state index in [9.17, 15) is 14.0 Å². The number of hydrogen-bond acceptors (Lipinski definition) is 3. The summed E-state index contributed by atoms with van der Waals surface area (Å²) < 4.78 is 19.0. The average molecular weight is 261 g/mol. The summed E-state index contributed by atoms with van der Waals surface area (Å²) in [7, 11) is 1.27. The first-order valence-corrected chi connectivity index (χ1v) is 5.63. The van der Waals surface area contributed by atoms with Crippen LogP contribution in [-0.2, 0) is 11.3 Å². The maximum atomic E-state index is 13.1. The molecular formula is C14H12FNO3. The number of aromatic nitrogens is 1. The Labute approximate surface area is 109 Å². The summed E-state index contributed by atoms with van der Waals surface area (Å²) in [6.07, 6.45) is 1.40. The Hall–Kier alpha value is -2.43. The Morgan fingerprint density at radius 3 is 2.79 bits per heavy atom. The zero-order valence-corrected chi connectivity index (χ0v) is 10.3. The van der Waals surface area contributed by atoms with Gasteiger partial charge in [-0.05, 0) is 23.8 Å². The van der Waals surface area contributed by atoms with Gasteiger partial charge in [0.15, 0.2) is 0 Å². The number of hydrogen-bond donors (Lipinski definition) is 0. The fourth-order valence-electron chi connectivity index (χ4n) is 1.73. The van der Waals surface area contributed by atoms with Crippen molar-refractivity contribution in [2.75, 3.05) is 7.11 Å². The highest BCUT2D eigenvalue weighted by Crippen LogP contribution is 2.06. The van der Waals surface area contributed by atoms with E-state index in [1.807, 2.05) is 0 Å². The second-order valence-electron chi connectivity index (χ2n) is 4.01. The van der Waals surface area contributed by atoms with Gasteiger partial charge in [0.05, 0.1) is 19.2 Å². The molecule has 2 aromatic rings. The van der Waals surface area contributed by atoms with Gasteiger partial charge >= 0.3 is 5.97 Å². The molecule has 0 aliphatic heterocycles. The first-order valence-electron chi connectivity index (χ1n) is 5.63. The first kappa shape index (κ1) is 13.0. The molecule has 0 amide bonds. The molecule has 0 aliphatic carbocycles. The summed E-state index contributed by atoms with van der Waals surface area (Å²) in [5, 5.41) is 0. The van der Waals surface area contributed by atoms with Crippen LogP contribution in [0.1, 0.15) is 15.9 Å². The van der Waals surface area contributed by atoms with Crippen molar-refractivity contribution < 1.29 is 13.9 Å². The zero-order valence-electron chi connectivity index (χ0n) is 10.3. The van der Waals surface area contributed by atoms with E-state index in [0.29, 0.717) is 5.56 Å². The number of carbonyl (C=O) groups is 1. The Bertz CT molecular complexity index is 664. The van der Waals surface area contributed by atoms with Crippen molar-refractivity contribution >= 4 is 5.97 Å². The number of carbonyl (C=O) groups excluding carboxylic acids is 1. The number of esters is 1. The molecule has 1 aromatic heterocycles. The van der Waals surface area contributed by atoms with Crippen molar-refractivity contribution in [3.63, 3.8) is 0 Å². The van der Waals surface area contributed by atoms with Gasteiger partial charge in [0.1, 0.15) is 5.82 Å². The summed E-state index contributed by atoms with van der Waals surface area (Å²) in [5.41, 5.74) is 0.652. The molecule has 1 aromatic carbocycles. The van der Waals surface area contributed by atoms with E-state index in [-0.39, 0.29) is 23.5 Å². The van der Waals surface area contributed by atoms with Gasteiger partial charge in [-0.3, -0.25) is 4.79 Å². The lowest BCUT2D eigenvalue weighted by Crippen LogP contribution is -2.21. The number of methoxy groups -OCH3 is 1. The molecule has 0 N–H and O–H groups in total. The third-order valence-corrected chi connectivity index (χ3v) is 2.65. The van der Waals surface area contributed by atoms with Crippen LogP contribution in [0.5, 0.6) is 0 Å². The number of rotatable bonds is 3. The van der Waals surface area contributed by atoms with Gasteiger partial charge in [0.2, 0.25) is 0 Å². The fourth-order valence-corrected chi connectivity index (χ4v) is 1.73. The monoisotopic (exact) mass is 261 g/mol. The zero-order chi connectivity index (χ0) is 13.8. The van der Waals surface area contributed by atoms with Crippen LogP contribution < -0.4 is 5.56 Å². The van der Waals surface area contributed by atoms with Crippen LogP contribution in [0.2, 0.25) is 0 Å². The minimum absolute atomic E-state index is 0.196. The summed E-state index contributed by atoms with van der Waals surface area (Å²) in [4.78, 5) is 23.1. The molecule has 2 rings (SSSR count). The van der Waals surface area contributed by atoms with Crippen molar-refractivity contribution in [1.82, 2.24) is 4.57 Å². The van der Waals surface area contributed by atoms with Crippen LogP contribution >= 0.6 is 0 Å². The lowest BCUT2D eigenvalue weighted by Gasteiger charge is -2.07. The highest BCUT2D eigenvalue weighted by molar-refractivity contribution is 5.88. The van der Waals surface area contributed by atoms with Gasteiger partial charge < -0.3 is 9.30 Å². The van der Waals surface area contributed by atoms with E-state index >= 15 is 0 Å². The highest BCUT2D eigenvalue weighted by atomic mass is 19.1. The first-order chi connectivity index (χ1) is 9.10. The minimum Gasteiger partial charge on any atom is -0.465 e. The van der Waals surface area contributed by atoms with Crippen LogP contribution in [0.3, 0.4) is 0 Å². The summed E-state index contributed by atoms with van der Waals surface area (Å²) in [6.45, 7) is 0.196. The largest absolute Gasteiger partial charge is 0.465 e. The molecule has 1 heterocycles. The van der Waals surface area contributed by atoms with E-state index in [1.165, 1.54) is 42.1 Å². The maximum absolute atomic E-state index is 13.1. The molecule has 0 bridgehead atoms.